The highest BCUT2D eigenvalue weighted by Gasteiger charge is 2.46. The van der Waals surface area contributed by atoms with Crippen molar-refractivity contribution in [1.29, 1.82) is 0 Å². The van der Waals surface area contributed by atoms with Gasteiger partial charge in [0.05, 0.1) is 16.4 Å². The molecule has 4 heteroatoms. The van der Waals surface area contributed by atoms with Crippen molar-refractivity contribution in [1.82, 2.24) is 19.5 Å². The molecule has 326 valence electrons. The van der Waals surface area contributed by atoms with Crippen LogP contribution in [0.3, 0.4) is 0 Å². The van der Waals surface area contributed by atoms with Gasteiger partial charge in [0.25, 0.3) is 0 Å². The van der Waals surface area contributed by atoms with Gasteiger partial charge in [0.1, 0.15) is 0 Å². The molecule has 2 aliphatic carbocycles. The third-order valence-electron chi connectivity index (χ3n) is 15.4. The first-order valence-electron chi connectivity index (χ1n) is 24.0. The molecule has 0 N–H and O–H groups in total. The van der Waals surface area contributed by atoms with Gasteiger partial charge in [-0.25, -0.2) is 15.0 Å². The van der Waals surface area contributed by atoms with Crippen LogP contribution >= 0.6 is 0 Å². The Hall–Kier alpha value is -7.95. The summed E-state index contributed by atoms with van der Waals surface area (Å²) in [4.78, 5) is 15.9. The minimum absolute atomic E-state index is 0.0784. The van der Waals surface area contributed by atoms with Crippen molar-refractivity contribution in [2.75, 3.05) is 0 Å². The largest absolute Gasteiger partial charge is 0.309 e. The van der Waals surface area contributed by atoms with Crippen LogP contribution in [0.2, 0.25) is 0 Å². The van der Waals surface area contributed by atoms with Gasteiger partial charge in [-0.1, -0.05) is 198 Å². The van der Waals surface area contributed by atoms with Gasteiger partial charge in [0.15, 0.2) is 17.5 Å². The monoisotopic (exact) mass is 874 g/mol. The van der Waals surface area contributed by atoms with Crippen LogP contribution < -0.4 is 0 Å². The van der Waals surface area contributed by atoms with Gasteiger partial charge in [-0.15, -0.1) is 0 Å². The molecule has 11 aromatic rings. The van der Waals surface area contributed by atoms with E-state index < -0.39 is 5.41 Å². The lowest BCUT2D eigenvalue weighted by atomic mass is 9.63. The van der Waals surface area contributed by atoms with Gasteiger partial charge in [0, 0.05) is 33.2 Å². The normalized spacial score (nSPS) is 15.3. The third kappa shape index (κ3) is 6.10. The van der Waals surface area contributed by atoms with Gasteiger partial charge in [-0.05, 0) is 115 Å². The molecule has 13 rings (SSSR count). The highest BCUT2D eigenvalue weighted by atomic mass is 15.0. The summed E-state index contributed by atoms with van der Waals surface area (Å²) in [7, 11) is 0. The summed E-state index contributed by atoms with van der Waals surface area (Å²) in [5.74, 6) is 1.90. The van der Waals surface area contributed by atoms with Gasteiger partial charge in [-0.2, -0.15) is 0 Å². The summed E-state index contributed by atoms with van der Waals surface area (Å²) in [5, 5.41) is 4.87. The molecule has 2 aromatic heterocycles. The van der Waals surface area contributed by atoms with Crippen molar-refractivity contribution in [3.8, 4) is 51.0 Å². The molecule has 2 heterocycles. The molecule has 0 bridgehead atoms. The highest BCUT2D eigenvalue weighted by molar-refractivity contribution is 6.10. The minimum atomic E-state index is -0.494. The molecule has 0 fully saturated rings. The maximum Gasteiger partial charge on any atom is 0.164 e. The molecule has 0 radical (unpaired) electrons. The smallest absolute Gasteiger partial charge is 0.164 e. The molecule has 0 atom stereocenters. The molecular weight excluding hydrogens is 825 g/mol. The molecule has 2 aliphatic rings. The zero-order chi connectivity index (χ0) is 45.8. The summed E-state index contributed by atoms with van der Waals surface area (Å²) >= 11 is 0. The standard InChI is InChI=1S/C64H50N4/c1-62(2)35-36-63(3,4)56-40-58-52(39-55(56)62)51-25-12-15-28-57(51)68(58)48-22-16-19-44(38-48)60-65-59(66-61(67-60)45-30-29-41-17-8-9-18-43(41)37-45)42-31-33-47(34-32-42)64(46-20-6-5-7-21-46)53-26-13-10-23-49(53)50-24-11-14-27-54(50)64/h5-34,37-40H,35-36H2,1-4H3. The van der Waals surface area contributed by atoms with E-state index in [4.69, 9.17) is 15.0 Å². The Labute approximate surface area is 397 Å². The number of aromatic nitrogens is 4. The Morgan fingerprint density at radius 2 is 0.912 bits per heavy atom. The SMILES string of the molecule is CC1(C)CCC(C)(C)c2cc3c(cc21)c1ccccc1n3-c1cccc(-c2nc(-c3ccc(C4(c5ccccc5)c5ccccc5-c5ccccc54)cc3)nc(-c3ccc4ccccc4c3)n2)c1. The molecule has 4 nitrogen and oxygen atoms in total. The van der Waals surface area contributed by atoms with Crippen LogP contribution in [0.25, 0.3) is 83.6 Å². The fourth-order valence-electron chi connectivity index (χ4n) is 11.8. The van der Waals surface area contributed by atoms with Crippen molar-refractivity contribution >= 4 is 32.6 Å². The maximum atomic E-state index is 5.34. The van der Waals surface area contributed by atoms with E-state index in [1.807, 2.05) is 0 Å². The number of hydrogen-bond donors (Lipinski definition) is 0. The summed E-state index contributed by atoms with van der Waals surface area (Å²) in [5.41, 5.74) is 16.5. The fourth-order valence-corrected chi connectivity index (χ4v) is 11.8. The van der Waals surface area contributed by atoms with Crippen LogP contribution in [0.5, 0.6) is 0 Å². The number of benzene rings is 9. The van der Waals surface area contributed by atoms with Crippen LogP contribution in [0.4, 0.5) is 0 Å². The van der Waals surface area contributed by atoms with Crippen LogP contribution in [-0.2, 0) is 16.2 Å². The first-order valence-corrected chi connectivity index (χ1v) is 24.0. The second-order valence-corrected chi connectivity index (χ2v) is 20.2. The predicted octanol–water partition coefficient (Wildman–Crippen LogP) is 15.8. The lowest BCUT2D eigenvalue weighted by molar-refractivity contribution is 0.332. The first-order chi connectivity index (χ1) is 33.2. The first kappa shape index (κ1) is 40.3. The van der Waals surface area contributed by atoms with Crippen LogP contribution in [0.15, 0.2) is 206 Å². The Morgan fingerprint density at radius 3 is 1.62 bits per heavy atom. The maximum absolute atomic E-state index is 5.34. The van der Waals surface area contributed by atoms with Gasteiger partial charge in [0.2, 0.25) is 0 Å². The summed E-state index contributed by atoms with van der Waals surface area (Å²) in [6.07, 6.45) is 2.34. The Balaban J connectivity index is 0.984. The molecule has 68 heavy (non-hydrogen) atoms. The Morgan fingerprint density at radius 1 is 0.368 bits per heavy atom. The van der Waals surface area contributed by atoms with E-state index in [1.165, 1.54) is 78.1 Å². The summed E-state index contributed by atoms with van der Waals surface area (Å²) in [6.45, 7) is 9.64. The topological polar surface area (TPSA) is 43.6 Å². The predicted molar refractivity (Wildman–Crippen MR) is 281 cm³/mol. The molecule has 0 amide bonds. The van der Waals surface area contributed by atoms with Crippen molar-refractivity contribution in [3.63, 3.8) is 0 Å². The summed E-state index contributed by atoms with van der Waals surface area (Å²) in [6, 6.07) is 75.2. The number of nitrogens with zero attached hydrogens (tertiary/aromatic N) is 4. The number of hydrogen-bond acceptors (Lipinski definition) is 3. The van der Waals surface area contributed by atoms with Gasteiger partial charge in [-0.3, -0.25) is 0 Å². The van der Waals surface area contributed by atoms with E-state index >= 15 is 0 Å². The minimum Gasteiger partial charge on any atom is -0.309 e. The molecule has 0 spiro atoms. The van der Waals surface area contributed by atoms with Gasteiger partial charge < -0.3 is 4.57 Å². The van der Waals surface area contributed by atoms with E-state index in [1.54, 1.807) is 0 Å². The van der Waals surface area contributed by atoms with Crippen LogP contribution in [-0.4, -0.2) is 19.5 Å². The molecular formula is C64H50N4. The zero-order valence-corrected chi connectivity index (χ0v) is 38.8. The average Bonchev–Trinajstić information content (AvgIpc) is 3.88. The molecule has 9 aromatic carbocycles. The van der Waals surface area contributed by atoms with Crippen LogP contribution in [0, 0.1) is 0 Å². The van der Waals surface area contributed by atoms with Crippen molar-refractivity contribution < 1.29 is 0 Å². The van der Waals surface area contributed by atoms with E-state index in [9.17, 15) is 0 Å². The van der Waals surface area contributed by atoms with Crippen molar-refractivity contribution in [2.24, 2.45) is 0 Å². The van der Waals surface area contributed by atoms with E-state index in [0.717, 1.165) is 34.2 Å². The second kappa shape index (κ2) is 15.0. The van der Waals surface area contributed by atoms with Crippen molar-refractivity contribution in [2.45, 2.75) is 56.8 Å². The number of fused-ring (bicyclic) bond motifs is 8. The van der Waals surface area contributed by atoms with Gasteiger partial charge >= 0.3 is 0 Å². The quantitative estimate of drug-likeness (QED) is 0.167. The lowest BCUT2D eigenvalue weighted by Crippen LogP contribution is -2.33. The molecule has 0 saturated carbocycles. The highest BCUT2D eigenvalue weighted by Crippen LogP contribution is 2.56. The third-order valence-corrected chi connectivity index (χ3v) is 15.4. The fraction of sp³-hybridized carbons (Fsp3) is 0.141. The molecule has 0 aliphatic heterocycles. The second-order valence-electron chi connectivity index (χ2n) is 20.2. The Bertz CT molecular complexity index is 3750. The molecule has 0 unspecified atom stereocenters. The Kier molecular flexibility index (Phi) is 8.92. The van der Waals surface area contributed by atoms with E-state index in [2.05, 4.69) is 239 Å². The van der Waals surface area contributed by atoms with E-state index in [0.29, 0.717) is 17.5 Å². The lowest BCUT2D eigenvalue weighted by Gasteiger charge is -2.42. The van der Waals surface area contributed by atoms with Crippen molar-refractivity contribution in [3.05, 3.63) is 240 Å². The van der Waals surface area contributed by atoms with Crippen LogP contribution in [0.1, 0.15) is 73.9 Å². The number of para-hydroxylation sites is 1. The molecule has 0 saturated heterocycles. The average molecular weight is 875 g/mol. The zero-order valence-electron chi connectivity index (χ0n) is 38.8. The van der Waals surface area contributed by atoms with E-state index in [-0.39, 0.29) is 10.8 Å². The number of rotatable bonds is 6. The summed E-state index contributed by atoms with van der Waals surface area (Å²) < 4.78 is 2.44.